The Morgan fingerprint density at radius 1 is 1.27 bits per heavy atom. The quantitative estimate of drug-likeness (QED) is 0.452. The molecule has 84 valence electrons. The highest BCUT2D eigenvalue weighted by atomic mass is 16.5. The summed E-state index contributed by atoms with van der Waals surface area (Å²) in [5.74, 6) is 0. The van der Waals surface area contributed by atoms with E-state index < -0.39 is 5.60 Å². The molecule has 0 saturated heterocycles. The van der Waals surface area contributed by atoms with E-state index >= 15 is 0 Å². The van der Waals surface area contributed by atoms with E-state index in [1.165, 1.54) is 5.57 Å². The van der Waals surface area contributed by atoms with Crippen LogP contribution in [-0.2, 0) is 9.53 Å². The summed E-state index contributed by atoms with van der Waals surface area (Å²) in [6.45, 7) is 11.7. The molecule has 0 saturated carbocycles. The van der Waals surface area contributed by atoms with Crippen LogP contribution >= 0.6 is 0 Å². The monoisotopic (exact) mass is 208 g/mol. The van der Waals surface area contributed by atoms with Crippen LogP contribution in [0.1, 0.15) is 26.7 Å². The highest BCUT2D eigenvalue weighted by Crippen LogP contribution is 2.19. The Hall–Kier alpha value is -1.15. The first-order valence-corrected chi connectivity index (χ1v) is 5.05. The first kappa shape index (κ1) is 13.8. The number of carbonyl (C=O) groups is 1. The summed E-state index contributed by atoms with van der Waals surface area (Å²) in [6, 6.07) is 0. The SMILES string of the molecule is C=CCC(C=O)(CC=C)OCC=C(C)C. The fourth-order valence-electron chi connectivity index (χ4n) is 1.19. The van der Waals surface area contributed by atoms with E-state index in [4.69, 9.17) is 4.74 Å². The van der Waals surface area contributed by atoms with Crippen molar-refractivity contribution in [1.82, 2.24) is 0 Å². The van der Waals surface area contributed by atoms with Crippen molar-refractivity contribution in [3.8, 4) is 0 Å². The number of carbonyl (C=O) groups excluding carboxylic acids is 1. The molecule has 0 radical (unpaired) electrons. The minimum Gasteiger partial charge on any atom is -0.363 e. The third-order valence-corrected chi connectivity index (χ3v) is 2.06. The predicted molar refractivity (Wildman–Crippen MR) is 63.8 cm³/mol. The van der Waals surface area contributed by atoms with Crippen molar-refractivity contribution in [1.29, 1.82) is 0 Å². The summed E-state index contributed by atoms with van der Waals surface area (Å²) in [7, 11) is 0. The van der Waals surface area contributed by atoms with Crippen molar-refractivity contribution in [2.24, 2.45) is 0 Å². The van der Waals surface area contributed by atoms with E-state index in [0.29, 0.717) is 19.4 Å². The number of allylic oxidation sites excluding steroid dienone is 1. The molecule has 0 atom stereocenters. The van der Waals surface area contributed by atoms with Gasteiger partial charge in [0.1, 0.15) is 5.60 Å². The van der Waals surface area contributed by atoms with Gasteiger partial charge in [0.05, 0.1) is 6.61 Å². The van der Waals surface area contributed by atoms with Gasteiger partial charge in [0.15, 0.2) is 6.29 Å². The zero-order valence-electron chi connectivity index (χ0n) is 9.66. The maximum atomic E-state index is 11.0. The maximum Gasteiger partial charge on any atom is 0.152 e. The van der Waals surface area contributed by atoms with Crippen molar-refractivity contribution >= 4 is 6.29 Å². The van der Waals surface area contributed by atoms with E-state index in [1.54, 1.807) is 12.2 Å². The van der Waals surface area contributed by atoms with Gasteiger partial charge >= 0.3 is 0 Å². The van der Waals surface area contributed by atoms with Crippen molar-refractivity contribution in [2.75, 3.05) is 6.61 Å². The van der Waals surface area contributed by atoms with Crippen molar-refractivity contribution in [2.45, 2.75) is 32.3 Å². The van der Waals surface area contributed by atoms with Gasteiger partial charge in [-0.1, -0.05) is 23.8 Å². The molecule has 15 heavy (non-hydrogen) atoms. The Morgan fingerprint density at radius 2 is 1.80 bits per heavy atom. The van der Waals surface area contributed by atoms with Gasteiger partial charge in [-0.3, -0.25) is 0 Å². The lowest BCUT2D eigenvalue weighted by molar-refractivity contribution is -0.129. The zero-order chi connectivity index (χ0) is 11.7. The standard InChI is InChI=1S/C13H20O2/c1-5-8-13(11-14,9-6-2)15-10-7-12(3)4/h5-7,11H,1-2,8-10H2,3-4H3. The molecule has 0 aromatic heterocycles. The predicted octanol–water partition coefficient (Wildman–Crippen LogP) is 3.06. The van der Waals surface area contributed by atoms with Crippen LogP contribution in [0.25, 0.3) is 0 Å². The van der Waals surface area contributed by atoms with Gasteiger partial charge < -0.3 is 9.53 Å². The van der Waals surface area contributed by atoms with Gasteiger partial charge in [-0.2, -0.15) is 0 Å². The Kier molecular flexibility index (Phi) is 6.63. The molecule has 0 aliphatic heterocycles. The van der Waals surface area contributed by atoms with E-state index in [-0.39, 0.29) is 0 Å². The molecule has 0 aromatic carbocycles. The highest BCUT2D eigenvalue weighted by Gasteiger charge is 2.27. The summed E-state index contributed by atoms with van der Waals surface area (Å²) < 4.78 is 5.58. The van der Waals surface area contributed by atoms with Crippen LogP contribution in [0.5, 0.6) is 0 Å². The molecule has 2 nitrogen and oxygen atoms in total. The zero-order valence-corrected chi connectivity index (χ0v) is 9.66. The van der Waals surface area contributed by atoms with Crippen LogP contribution in [0.15, 0.2) is 37.0 Å². The molecule has 2 heteroatoms. The van der Waals surface area contributed by atoms with E-state index in [9.17, 15) is 4.79 Å². The van der Waals surface area contributed by atoms with Gasteiger partial charge in [0, 0.05) is 12.8 Å². The Morgan fingerprint density at radius 3 is 2.13 bits per heavy atom. The topological polar surface area (TPSA) is 26.3 Å². The number of ether oxygens (including phenoxy) is 1. The van der Waals surface area contributed by atoms with Gasteiger partial charge in [0.25, 0.3) is 0 Å². The molecular weight excluding hydrogens is 188 g/mol. The fraction of sp³-hybridized carbons (Fsp3) is 0.462. The van der Waals surface area contributed by atoms with Crippen molar-refractivity contribution in [3.05, 3.63) is 37.0 Å². The normalized spacial score (nSPS) is 10.5. The van der Waals surface area contributed by atoms with Crippen LogP contribution in [0.2, 0.25) is 0 Å². The molecule has 0 heterocycles. The second kappa shape index (κ2) is 7.18. The first-order chi connectivity index (χ1) is 7.10. The van der Waals surface area contributed by atoms with Crippen molar-refractivity contribution in [3.63, 3.8) is 0 Å². The number of rotatable bonds is 8. The molecule has 0 N–H and O–H groups in total. The number of aldehydes is 1. The first-order valence-electron chi connectivity index (χ1n) is 5.05. The van der Waals surface area contributed by atoms with Crippen LogP contribution in [0.3, 0.4) is 0 Å². The second-order valence-corrected chi connectivity index (χ2v) is 3.76. The lowest BCUT2D eigenvalue weighted by atomic mass is 9.97. The number of hydrogen-bond acceptors (Lipinski definition) is 2. The van der Waals surface area contributed by atoms with Crippen LogP contribution < -0.4 is 0 Å². The molecule has 0 unspecified atom stereocenters. The summed E-state index contributed by atoms with van der Waals surface area (Å²) in [5.41, 5.74) is 0.391. The molecule has 0 aliphatic rings. The van der Waals surface area contributed by atoms with Crippen LogP contribution in [0.4, 0.5) is 0 Å². The van der Waals surface area contributed by atoms with Gasteiger partial charge in [0.2, 0.25) is 0 Å². The summed E-state index contributed by atoms with van der Waals surface area (Å²) >= 11 is 0. The van der Waals surface area contributed by atoms with E-state index in [0.717, 1.165) is 6.29 Å². The van der Waals surface area contributed by atoms with Gasteiger partial charge in [-0.25, -0.2) is 0 Å². The minimum absolute atomic E-state index is 0.447. The average Bonchev–Trinajstić information content (AvgIpc) is 2.17. The molecule has 0 aromatic rings. The van der Waals surface area contributed by atoms with Gasteiger partial charge in [-0.05, 0) is 13.8 Å². The minimum atomic E-state index is -0.782. The Bertz CT molecular complexity index is 237. The number of hydrogen-bond donors (Lipinski definition) is 0. The smallest absolute Gasteiger partial charge is 0.152 e. The molecule has 0 spiro atoms. The second-order valence-electron chi connectivity index (χ2n) is 3.76. The van der Waals surface area contributed by atoms with Crippen LogP contribution in [-0.4, -0.2) is 18.5 Å². The largest absolute Gasteiger partial charge is 0.363 e. The third-order valence-electron chi connectivity index (χ3n) is 2.06. The molecular formula is C13H20O2. The lowest BCUT2D eigenvalue weighted by Crippen LogP contribution is -2.33. The third kappa shape index (κ3) is 5.33. The molecule has 0 rings (SSSR count). The molecule has 0 bridgehead atoms. The Balaban J connectivity index is 4.45. The van der Waals surface area contributed by atoms with Crippen molar-refractivity contribution < 1.29 is 9.53 Å². The maximum absolute atomic E-state index is 11.0. The molecule has 0 amide bonds. The van der Waals surface area contributed by atoms with E-state index in [1.807, 2.05) is 19.9 Å². The molecule has 0 aliphatic carbocycles. The molecule has 0 fully saturated rings. The summed E-state index contributed by atoms with van der Waals surface area (Å²) in [5, 5.41) is 0. The van der Waals surface area contributed by atoms with E-state index in [2.05, 4.69) is 13.2 Å². The average molecular weight is 208 g/mol. The summed E-state index contributed by atoms with van der Waals surface area (Å²) in [6.07, 6.45) is 7.21. The summed E-state index contributed by atoms with van der Waals surface area (Å²) in [4.78, 5) is 11.0. The van der Waals surface area contributed by atoms with Crippen LogP contribution in [0, 0.1) is 0 Å². The van der Waals surface area contributed by atoms with Gasteiger partial charge in [-0.15, -0.1) is 13.2 Å². The Labute approximate surface area is 92.3 Å². The fourth-order valence-corrected chi connectivity index (χ4v) is 1.19. The highest BCUT2D eigenvalue weighted by molar-refractivity contribution is 5.63. The lowest BCUT2D eigenvalue weighted by Gasteiger charge is -2.25.